The number of carbonyl (C=O) groups excluding carboxylic acids is 2. The van der Waals surface area contributed by atoms with Crippen LogP contribution in [0.4, 0.5) is 22.7 Å². The minimum atomic E-state index is -0.612. The Bertz CT molecular complexity index is 1270. The number of hydrogen-bond donors (Lipinski definition) is 4. The lowest BCUT2D eigenvalue weighted by Crippen LogP contribution is -2.34. The van der Waals surface area contributed by atoms with Crippen molar-refractivity contribution in [3.8, 4) is 0 Å². The molecule has 0 aromatic heterocycles. The van der Waals surface area contributed by atoms with Gasteiger partial charge in [-0.25, -0.2) is 0 Å². The van der Waals surface area contributed by atoms with E-state index in [1.165, 1.54) is 36.4 Å². The standard InChI is InChI=1S/C22H16N6O6S2/c29-19(13-3-1-5-17(11-13)27(31)32)25-21(35)23-15-7-9-16(10-8-15)24-22(36)26-20(30)14-4-2-6-18(12-14)28(33)34/h1-12H,(H2,23,25,29,35)(H2,24,26,30,36). The number of rotatable bonds is 6. The molecule has 0 unspecified atom stereocenters. The number of nitrogens with one attached hydrogen (secondary N) is 4. The Morgan fingerprint density at radius 3 is 1.33 bits per heavy atom. The minimum Gasteiger partial charge on any atom is -0.332 e. The van der Waals surface area contributed by atoms with E-state index in [9.17, 15) is 29.8 Å². The SMILES string of the molecule is O=C(NC(=S)Nc1ccc(NC(=S)NC(=O)c2cccc([N+](=O)[O-])c2)cc1)c1cccc([N+](=O)[O-])c1. The molecule has 0 spiro atoms. The molecular weight excluding hydrogens is 508 g/mol. The number of non-ortho nitro benzene ring substituents is 2. The van der Waals surface area contributed by atoms with Gasteiger partial charge in [-0.2, -0.15) is 0 Å². The van der Waals surface area contributed by atoms with Gasteiger partial charge in [0, 0.05) is 46.8 Å². The van der Waals surface area contributed by atoms with Gasteiger partial charge in [-0.15, -0.1) is 0 Å². The van der Waals surface area contributed by atoms with Gasteiger partial charge in [-0.05, 0) is 60.8 Å². The summed E-state index contributed by atoms with van der Waals surface area (Å²) in [6, 6.07) is 17.0. The lowest BCUT2D eigenvalue weighted by Gasteiger charge is -2.12. The zero-order valence-corrected chi connectivity index (χ0v) is 19.7. The van der Waals surface area contributed by atoms with Gasteiger partial charge in [0.2, 0.25) is 0 Å². The van der Waals surface area contributed by atoms with Gasteiger partial charge >= 0.3 is 0 Å². The van der Waals surface area contributed by atoms with E-state index >= 15 is 0 Å². The van der Waals surface area contributed by atoms with Gasteiger partial charge in [0.25, 0.3) is 23.2 Å². The molecule has 182 valence electrons. The highest BCUT2D eigenvalue weighted by atomic mass is 32.1. The summed E-state index contributed by atoms with van der Waals surface area (Å²) < 4.78 is 0. The van der Waals surface area contributed by atoms with Crippen LogP contribution in [0.1, 0.15) is 20.7 Å². The monoisotopic (exact) mass is 524 g/mol. The van der Waals surface area contributed by atoms with Crippen LogP contribution >= 0.6 is 24.4 Å². The molecule has 0 aliphatic rings. The number of amides is 2. The number of thiocarbonyl (C=S) groups is 2. The fraction of sp³-hybridized carbons (Fsp3) is 0. The van der Waals surface area contributed by atoms with Crippen LogP contribution in [0.15, 0.2) is 72.8 Å². The summed E-state index contributed by atoms with van der Waals surface area (Å²) in [5.41, 5.74) is 0.766. The zero-order valence-electron chi connectivity index (χ0n) is 18.1. The van der Waals surface area contributed by atoms with E-state index in [1.54, 1.807) is 24.3 Å². The molecule has 0 aliphatic heterocycles. The Balaban J connectivity index is 1.52. The molecule has 12 nitrogen and oxygen atoms in total. The fourth-order valence-electron chi connectivity index (χ4n) is 2.83. The summed E-state index contributed by atoms with van der Waals surface area (Å²) in [5.74, 6) is -1.22. The fourth-order valence-corrected chi connectivity index (χ4v) is 3.25. The Hall–Kier alpha value is -4.82. The number of benzene rings is 3. The van der Waals surface area contributed by atoms with Gasteiger partial charge in [-0.1, -0.05) is 12.1 Å². The zero-order chi connectivity index (χ0) is 26.2. The molecule has 3 rings (SSSR count). The Morgan fingerprint density at radius 2 is 1.00 bits per heavy atom. The summed E-state index contributed by atoms with van der Waals surface area (Å²) in [5, 5.41) is 32.2. The average molecular weight is 525 g/mol. The number of nitrogens with zero attached hydrogens (tertiary/aromatic N) is 2. The first kappa shape index (κ1) is 25.8. The minimum absolute atomic E-state index is 0.0213. The lowest BCUT2D eigenvalue weighted by molar-refractivity contribution is -0.385. The Kier molecular flexibility index (Phi) is 8.27. The molecule has 0 aliphatic carbocycles. The number of anilines is 2. The van der Waals surface area contributed by atoms with Crippen molar-refractivity contribution in [3.63, 3.8) is 0 Å². The van der Waals surface area contributed by atoms with Crippen molar-refractivity contribution in [3.05, 3.63) is 104 Å². The third kappa shape index (κ3) is 7.09. The average Bonchev–Trinajstić information content (AvgIpc) is 2.85. The second kappa shape index (κ2) is 11.5. The van der Waals surface area contributed by atoms with Gasteiger partial charge in [0.15, 0.2) is 10.2 Å². The lowest BCUT2D eigenvalue weighted by atomic mass is 10.2. The second-order valence-electron chi connectivity index (χ2n) is 7.01. The van der Waals surface area contributed by atoms with Crippen LogP contribution < -0.4 is 21.3 Å². The smallest absolute Gasteiger partial charge is 0.270 e. The normalized spacial score (nSPS) is 10.0. The molecule has 0 bridgehead atoms. The summed E-state index contributed by atoms with van der Waals surface area (Å²) >= 11 is 10.2. The van der Waals surface area contributed by atoms with Crippen molar-refractivity contribution in [2.24, 2.45) is 0 Å². The molecular formula is C22H16N6O6S2. The molecule has 2 amide bonds. The van der Waals surface area contributed by atoms with Crippen molar-refractivity contribution in [1.29, 1.82) is 0 Å². The molecule has 0 radical (unpaired) electrons. The largest absolute Gasteiger partial charge is 0.332 e. The van der Waals surface area contributed by atoms with E-state index in [-0.39, 0.29) is 32.7 Å². The first-order valence-electron chi connectivity index (χ1n) is 9.96. The predicted molar refractivity (Wildman–Crippen MR) is 140 cm³/mol. The van der Waals surface area contributed by atoms with E-state index in [4.69, 9.17) is 24.4 Å². The highest BCUT2D eigenvalue weighted by Gasteiger charge is 2.14. The second-order valence-corrected chi connectivity index (χ2v) is 7.83. The third-order valence-corrected chi connectivity index (χ3v) is 4.90. The molecule has 0 fully saturated rings. The van der Waals surface area contributed by atoms with Crippen molar-refractivity contribution >= 4 is 69.2 Å². The molecule has 36 heavy (non-hydrogen) atoms. The van der Waals surface area contributed by atoms with Gasteiger partial charge in [0.1, 0.15) is 0 Å². The maximum absolute atomic E-state index is 12.3. The topological polar surface area (TPSA) is 169 Å². The third-order valence-electron chi connectivity index (χ3n) is 4.49. The molecule has 0 saturated carbocycles. The van der Waals surface area contributed by atoms with Crippen LogP contribution in [0.2, 0.25) is 0 Å². The quantitative estimate of drug-likeness (QED) is 0.212. The molecule has 4 N–H and O–H groups in total. The van der Waals surface area contributed by atoms with Crippen LogP contribution in [-0.2, 0) is 0 Å². The van der Waals surface area contributed by atoms with Gasteiger partial charge < -0.3 is 10.6 Å². The summed E-state index contributed by atoms with van der Waals surface area (Å²) in [6.07, 6.45) is 0. The van der Waals surface area contributed by atoms with Crippen LogP contribution in [0.5, 0.6) is 0 Å². The predicted octanol–water partition coefficient (Wildman–Crippen LogP) is 3.76. The van der Waals surface area contributed by atoms with Gasteiger partial charge in [-0.3, -0.25) is 40.5 Å². The number of hydrogen-bond acceptors (Lipinski definition) is 8. The first-order chi connectivity index (χ1) is 17.1. The molecule has 14 heteroatoms. The number of nitro groups is 2. The van der Waals surface area contributed by atoms with E-state index in [1.807, 2.05) is 0 Å². The highest BCUT2D eigenvalue weighted by Crippen LogP contribution is 2.16. The van der Waals surface area contributed by atoms with Crippen LogP contribution in [0, 0.1) is 20.2 Å². The van der Waals surface area contributed by atoms with E-state index < -0.39 is 21.7 Å². The van der Waals surface area contributed by atoms with Crippen molar-refractivity contribution in [2.75, 3.05) is 10.6 Å². The van der Waals surface area contributed by atoms with E-state index in [0.29, 0.717) is 11.4 Å². The maximum Gasteiger partial charge on any atom is 0.270 e. The van der Waals surface area contributed by atoms with Gasteiger partial charge in [0.05, 0.1) is 9.85 Å². The van der Waals surface area contributed by atoms with Crippen molar-refractivity contribution in [1.82, 2.24) is 10.6 Å². The number of carbonyl (C=O) groups is 2. The summed E-state index contributed by atoms with van der Waals surface area (Å²) in [6.45, 7) is 0. The molecule has 0 saturated heterocycles. The van der Waals surface area contributed by atoms with Crippen LogP contribution in [-0.4, -0.2) is 31.9 Å². The maximum atomic E-state index is 12.3. The molecule has 0 heterocycles. The van der Waals surface area contributed by atoms with Crippen molar-refractivity contribution < 1.29 is 19.4 Å². The summed E-state index contributed by atoms with van der Waals surface area (Å²) in [7, 11) is 0. The highest BCUT2D eigenvalue weighted by molar-refractivity contribution is 7.80. The Morgan fingerprint density at radius 1 is 0.639 bits per heavy atom. The Labute approximate surface area is 214 Å². The first-order valence-corrected chi connectivity index (χ1v) is 10.8. The van der Waals surface area contributed by atoms with E-state index in [0.717, 1.165) is 12.1 Å². The van der Waals surface area contributed by atoms with E-state index in [2.05, 4.69) is 21.3 Å². The molecule has 3 aromatic carbocycles. The summed E-state index contributed by atoms with van der Waals surface area (Å²) in [4.78, 5) is 45.1. The van der Waals surface area contributed by atoms with Crippen LogP contribution in [0.3, 0.4) is 0 Å². The van der Waals surface area contributed by atoms with Crippen molar-refractivity contribution in [2.45, 2.75) is 0 Å². The number of nitro benzene ring substituents is 2. The molecule has 0 atom stereocenters. The van der Waals surface area contributed by atoms with Crippen LogP contribution in [0.25, 0.3) is 0 Å². The molecule has 3 aromatic rings.